The molecule has 0 spiro atoms. The van der Waals surface area contributed by atoms with Gasteiger partial charge in [0.2, 0.25) is 0 Å². The zero-order chi connectivity index (χ0) is 14.2. The number of thioether (sulfide) groups is 2. The highest BCUT2D eigenvalue weighted by molar-refractivity contribution is 8.07. The molecule has 1 aromatic rings. The molecule has 1 fully saturated rings. The van der Waals surface area contributed by atoms with E-state index in [2.05, 4.69) is 18.8 Å². The maximum atomic E-state index is 12.5. The fourth-order valence-corrected chi connectivity index (χ4v) is 5.73. The van der Waals surface area contributed by atoms with Crippen molar-refractivity contribution in [2.75, 3.05) is 5.75 Å². The molecule has 0 amide bonds. The number of hydrogen-bond acceptors (Lipinski definition) is 5. The fraction of sp³-hybridized carbons (Fsp3) is 0.727. The number of rotatable bonds is 2. The standard InChI is InChI=1S/C11H15F3N2S3/c1-5-6(2)18-8(4-17-5)9(15)7-3-16-10(19-7)11(12,13)14/h3,5-6,8-9H,4,15H2,1-2H3. The van der Waals surface area contributed by atoms with Gasteiger partial charge in [-0.3, -0.25) is 0 Å². The third-order valence-electron chi connectivity index (χ3n) is 3.07. The summed E-state index contributed by atoms with van der Waals surface area (Å²) in [5.74, 6) is 0.872. The van der Waals surface area contributed by atoms with Crippen LogP contribution in [-0.2, 0) is 6.18 Å². The Morgan fingerprint density at radius 1 is 1.37 bits per heavy atom. The van der Waals surface area contributed by atoms with Gasteiger partial charge in [-0.15, -0.1) is 11.3 Å². The predicted octanol–water partition coefficient (Wildman–Crippen LogP) is 3.79. The molecule has 0 saturated carbocycles. The molecular weight excluding hydrogens is 313 g/mol. The van der Waals surface area contributed by atoms with Gasteiger partial charge in [0, 0.05) is 32.6 Å². The molecule has 1 aliphatic rings. The van der Waals surface area contributed by atoms with Crippen LogP contribution >= 0.6 is 34.9 Å². The van der Waals surface area contributed by atoms with Gasteiger partial charge in [-0.05, 0) is 0 Å². The van der Waals surface area contributed by atoms with Crippen molar-refractivity contribution in [2.24, 2.45) is 5.73 Å². The highest BCUT2D eigenvalue weighted by Crippen LogP contribution is 2.42. The quantitative estimate of drug-likeness (QED) is 0.896. The molecule has 0 aromatic carbocycles. The molecule has 1 aromatic heterocycles. The van der Waals surface area contributed by atoms with Gasteiger partial charge >= 0.3 is 6.18 Å². The lowest BCUT2D eigenvalue weighted by atomic mass is 10.2. The molecule has 0 bridgehead atoms. The SMILES string of the molecule is CC1SCC(C(N)c2cnc(C(F)(F)F)s2)SC1C. The van der Waals surface area contributed by atoms with E-state index in [1.807, 2.05) is 11.8 Å². The molecule has 8 heteroatoms. The van der Waals surface area contributed by atoms with Gasteiger partial charge in [0.25, 0.3) is 0 Å². The monoisotopic (exact) mass is 328 g/mol. The van der Waals surface area contributed by atoms with E-state index in [0.717, 1.165) is 5.75 Å². The van der Waals surface area contributed by atoms with E-state index in [0.29, 0.717) is 26.7 Å². The molecule has 2 N–H and O–H groups in total. The van der Waals surface area contributed by atoms with Crippen LogP contribution in [-0.4, -0.2) is 26.5 Å². The molecule has 1 aliphatic heterocycles. The fourth-order valence-electron chi connectivity index (χ4n) is 1.75. The van der Waals surface area contributed by atoms with Gasteiger partial charge in [-0.2, -0.15) is 36.7 Å². The van der Waals surface area contributed by atoms with Crippen LogP contribution in [0.2, 0.25) is 0 Å². The Labute approximate surface area is 122 Å². The third-order valence-corrected chi connectivity index (χ3v) is 7.73. The number of nitrogens with zero attached hydrogens (tertiary/aromatic N) is 1. The highest BCUT2D eigenvalue weighted by Gasteiger charge is 2.37. The largest absolute Gasteiger partial charge is 0.443 e. The Kier molecular flexibility index (Phi) is 4.75. The minimum atomic E-state index is -4.38. The summed E-state index contributed by atoms with van der Waals surface area (Å²) in [4.78, 5) is 3.96. The summed E-state index contributed by atoms with van der Waals surface area (Å²) in [6.07, 6.45) is -3.11. The molecule has 108 valence electrons. The minimum Gasteiger partial charge on any atom is -0.322 e. The first kappa shape index (κ1) is 15.5. The molecule has 1 saturated heterocycles. The smallest absolute Gasteiger partial charge is 0.322 e. The van der Waals surface area contributed by atoms with Crippen molar-refractivity contribution >= 4 is 34.9 Å². The number of alkyl halides is 3. The molecule has 4 unspecified atom stereocenters. The lowest BCUT2D eigenvalue weighted by Crippen LogP contribution is -2.33. The zero-order valence-corrected chi connectivity index (χ0v) is 12.9. The summed E-state index contributed by atoms with van der Waals surface area (Å²) in [5.41, 5.74) is 6.10. The van der Waals surface area contributed by atoms with Crippen LogP contribution in [0.4, 0.5) is 13.2 Å². The predicted molar refractivity (Wildman–Crippen MR) is 76.8 cm³/mol. The lowest BCUT2D eigenvalue weighted by Gasteiger charge is -2.33. The second kappa shape index (κ2) is 5.83. The van der Waals surface area contributed by atoms with Crippen LogP contribution < -0.4 is 5.73 Å². The Hall–Kier alpha value is 0.0800. The van der Waals surface area contributed by atoms with E-state index in [4.69, 9.17) is 5.73 Å². The van der Waals surface area contributed by atoms with Crippen molar-refractivity contribution in [3.05, 3.63) is 16.1 Å². The van der Waals surface area contributed by atoms with Crippen LogP contribution in [0.5, 0.6) is 0 Å². The number of hydrogen-bond donors (Lipinski definition) is 1. The summed E-state index contributed by atoms with van der Waals surface area (Å²) < 4.78 is 37.6. The summed E-state index contributed by atoms with van der Waals surface area (Å²) >= 11 is 4.26. The van der Waals surface area contributed by atoms with Crippen LogP contribution in [0.1, 0.15) is 29.8 Å². The highest BCUT2D eigenvalue weighted by atomic mass is 32.2. The van der Waals surface area contributed by atoms with Gasteiger partial charge in [-0.25, -0.2) is 4.98 Å². The normalized spacial score (nSPS) is 30.3. The summed E-state index contributed by atoms with van der Waals surface area (Å²) in [7, 11) is 0. The maximum absolute atomic E-state index is 12.5. The number of thiazole rings is 1. The zero-order valence-electron chi connectivity index (χ0n) is 10.5. The second-order valence-corrected chi connectivity index (χ2v) is 8.60. The van der Waals surface area contributed by atoms with Crippen molar-refractivity contribution in [3.63, 3.8) is 0 Å². The van der Waals surface area contributed by atoms with Gasteiger partial charge in [0.1, 0.15) is 0 Å². The molecule has 2 rings (SSSR count). The van der Waals surface area contributed by atoms with Crippen LogP contribution in [0.15, 0.2) is 6.20 Å². The Morgan fingerprint density at radius 2 is 2.05 bits per heavy atom. The van der Waals surface area contributed by atoms with E-state index in [1.165, 1.54) is 6.20 Å². The molecule has 4 atom stereocenters. The van der Waals surface area contributed by atoms with E-state index >= 15 is 0 Å². The van der Waals surface area contributed by atoms with Crippen LogP contribution in [0, 0.1) is 0 Å². The Morgan fingerprint density at radius 3 is 2.58 bits per heavy atom. The number of halogens is 3. The van der Waals surface area contributed by atoms with Crippen molar-refractivity contribution in [2.45, 2.75) is 41.8 Å². The van der Waals surface area contributed by atoms with E-state index in [-0.39, 0.29) is 11.3 Å². The average molecular weight is 328 g/mol. The first-order valence-electron chi connectivity index (χ1n) is 5.84. The molecule has 0 radical (unpaired) electrons. The van der Waals surface area contributed by atoms with E-state index in [1.54, 1.807) is 11.8 Å². The first-order chi connectivity index (χ1) is 8.79. The van der Waals surface area contributed by atoms with Crippen LogP contribution in [0.3, 0.4) is 0 Å². The second-order valence-electron chi connectivity index (χ2n) is 4.51. The number of nitrogens with two attached hydrogens (primary N) is 1. The van der Waals surface area contributed by atoms with Gasteiger partial charge < -0.3 is 5.73 Å². The Balaban J connectivity index is 2.07. The van der Waals surface area contributed by atoms with Gasteiger partial charge in [0.05, 0.1) is 6.04 Å². The molecule has 19 heavy (non-hydrogen) atoms. The lowest BCUT2D eigenvalue weighted by molar-refractivity contribution is -0.137. The first-order valence-corrected chi connectivity index (χ1v) is 8.65. The third kappa shape index (κ3) is 3.59. The Bertz CT molecular complexity index is 435. The average Bonchev–Trinajstić information content (AvgIpc) is 2.81. The molecule has 2 heterocycles. The summed E-state index contributed by atoms with van der Waals surface area (Å²) in [6.45, 7) is 4.30. The van der Waals surface area contributed by atoms with Crippen LogP contribution in [0.25, 0.3) is 0 Å². The molecule has 0 aliphatic carbocycles. The van der Waals surface area contributed by atoms with Gasteiger partial charge in [-0.1, -0.05) is 13.8 Å². The van der Waals surface area contributed by atoms with Crippen molar-refractivity contribution in [1.82, 2.24) is 4.98 Å². The van der Waals surface area contributed by atoms with Crippen molar-refractivity contribution in [1.29, 1.82) is 0 Å². The topological polar surface area (TPSA) is 38.9 Å². The van der Waals surface area contributed by atoms with E-state index in [9.17, 15) is 13.2 Å². The van der Waals surface area contributed by atoms with Gasteiger partial charge in [0.15, 0.2) is 5.01 Å². The molecule has 2 nitrogen and oxygen atoms in total. The molecular formula is C11H15F3N2S3. The van der Waals surface area contributed by atoms with Crippen molar-refractivity contribution < 1.29 is 13.2 Å². The van der Waals surface area contributed by atoms with E-state index < -0.39 is 11.2 Å². The minimum absolute atomic E-state index is 0.151. The summed E-state index contributed by atoms with van der Waals surface area (Å²) in [5, 5.41) is 0.357. The maximum Gasteiger partial charge on any atom is 0.443 e. The van der Waals surface area contributed by atoms with Crippen molar-refractivity contribution in [3.8, 4) is 0 Å². The summed E-state index contributed by atoms with van der Waals surface area (Å²) in [6, 6.07) is -0.374. The number of aromatic nitrogens is 1.